The lowest BCUT2D eigenvalue weighted by atomic mass is 10.3. The third-order valence-corrected chi connectivity index (χ3v) is 0.667. The number of oxime groups is 1. The van der Waals surface area contributed by atoms with Gasteiger partial charge in [-0.15, -0.1) is 0 Å². The van der Waals surface area contributed by atoms with Gasteiger partial charge in [-0.1, -0.05) is 5.16 Å². The average Bonchev–Trinajstić information content (AvgIpc) is 1.64. The second-order valence-corrected chi connectivity index (χ2v) is 1.37. The van der Waals surface area contributed by atoms with Gasteiger partial charge in [0, 0.05) is 6.92 Å². The molecule has 0 aliphatic heterocycles. The number of ketones is 1. The van der Waals surface area contributed by atoms with Crippen LogP contribution in [-0.4, -0.2) is 22.6 Å². The molecule has 0 aromatic carbocycles. The molecule has 0 spiro atoms. The molecule has 3 N–H and O–H groups in total. The first-order chi connectivity index (χ1) is 4.09. The van der Waals surface area contributed by atoms with E-state index in [0.717, 1.165) is 6.92 Å². The van der Waals surface area contributed by atoms with Gasteiger partial charge in [0.05, 0.1) is 0 Å². The van der Waals surface area contributed by atoms with Crippen LogP contribution in [0.1, 0.15) is 6.92 Å². The lowest BCUT2D eigenvalue weighted by molar-refractivity contribution is -0.115. The Morgan fingerprint density at radius 2 is 2.00 bits per heavy atom. The summed E-state index contributed by atoms with van der Waals surface area (Å²) in [6, 6.07) is 0. The van der Waals surface area contributed by atoms with Gasteiger partial charge >= 0.3 is 0 Å². The maximum Gasteiger partial charge on any atom is 0.274 e. The number of hydrogen-bond acceptors (Lipinski definition) is 4. The van der Waals surface area contributed by atoms with Crippen LogP contribution in [0.2, 0.25) is 0 Å². The van der Waals surface area contributed by atoms with E-state index in [4.69, 9.17) is 5.21 Å². The van der Waals surface area contributed by atoms with E-state index in [1.807, 2.05) is 0 Å². The summed E-state index contributed by atoms with van der Waals surface area (Å²) in [5.74, 6) is -1.67. The highest BCUT2D eigenvalue weighted by Gasteiger charge is 2.11. The molecule has 0 aromatic rings. The smallest absolute Gasteiger partial charge is 0.274 e. The lowest BCUT2D eigenvalue weighted by Gasteiger charge is -1.88. The zero-order chi connectivity index (χ0) is 7.44. The highest BCUT2D eigenvalue weighted by molar-refractivity contribution is 6.64. The third kappa shape index (κ3) is 1.89. The first-order valence-corrected chi connectivity index (χ1v) is 2.12. The number of amides is 1. The van der Waals surface area contributed by atoms with E-state index in [2.05, 4.69) is 10.9 Å². The number of rotatable bonds is 2. The molecule has 0 saturated carbocycles. The van der Waals surface area contributed by atoms with Crippen molar-refractivity contribution in [2.45, 2.75) is 6.92 Å². The van der Waals surface area contributed by atoms with Gasteiger partial charge in [0.25, 0.3) is 5.91 Å². The van der Waals surface area contributed by atoms with E-state index in [1.165, 1.54) is 0 Å². The molecular formula is C4H6N2O3. The number of carbonyl (C=O) groups excluding carboxylic acids is 2. The predicted octanol–water partition coefficient (Wildman–Crippen LogP) is -1.11. The number of primary amides is 1. The van der Waals surface area contributed by atoms with Crippen LogP contribution < -0.4 is 5.73 Å². The van der Waals surface area contributed by atoms with Crippen molar-refractivity contribution in [2.75, 3.05) is 0 Å². The summed E-state index contributed by atoms with van der Waals surface area (Å²) in [7, 11) is 0. The minimum absolute atomic E-state index is 0.630. The molecule has 0 rings (SSSR count). The molecule has 0 radical (unpaired) electrons. The molecular weight excluding hydrogens is 124 g/mol. The highest BCUT2D eigenvalue weighted by atomic mass is 16.4. The molecule has 0 fully saturated rings. The Morgan fingerprint density at radius 1 is 1.56 bits per heavy atom. The van der Waals surface area contributed by atoms with Crippen molar-refractivity contribution in [2.24, 2.45) is 10.9 Å². The fraction of sp³-hybridized carbons (Fsp3) is 0.250. The van der Waals surface area contributed by atoms with Crippen LogP contribution in [0.3, 0.4) is 0 Å². The molecule has 0 aromatic heterocycles. The fourth-order valence-electron chi connectivity index (χ4n) is 0.293. The van der Waals surface area contributed by atoms with Gasteiger partial charge in [-0.3, -0.25) is 9.59 Å². The van der Waals surface area contributed by atoms with Gasteiger partial charge in [0.15, 0.2) is 5.78 Å². The molecule has 0 bridgehead atoms. The van der Waals surface area contributed by atoms with Gasteiger partial charge < -0.3 is 10.9 Å². The number of nitrogens with two attached hydrogens (primary N) is 1. The van der Waals surface area contributed by atoms with Crippen LogP contribution in [0.15, 0.2) is 5.16 Å². The number of nitrogens with zero attached hydrogens (tertiary/aromatic N) is 1. The molecule has 1 amide bonds. The first kappa shape index (κ1) is 7.61. The molecule has 0 atom stereocenters. The molecule has 9 heavy (non-hydrogen) atoms. The van der Waals surface area contributed by atoms with Gasteiger partial charge in [-0.25, -0.2) is 0 Å². The maximum absolute atomic E-state index is 10.2. The molecule has 0 saturated heterocycles. The van der Waals surface area contributed by atoms with Gasteiger partial charge in [0.1, 0.15) is 0 Å². The van der Waals surface area contributed by atoms with Crippen molar-refractivity contribution in [3.63, 3.8) is 0 Å². The quantitative estimate of drug-likeness (QED) is 0.215. The zero-order valence-electron chi connectivity index (χ0n) is 4.79. The molecule has 5 heteroatoms. The second kappa shape index (κ2) is 2.81. The van der Waals surface area contributed by atoms with E-state index in [1.54, 1.807) is 0 Å². The lowest BCUT2D eigenvalue weighted by Crippen LogP contribution is -2.28. The number of Topliss-reactive ketones (excluding diaryl/α,β-unsaturated/α-hetero) is 1. The van der Waals surface area contributed by atoms with Crippen molar-refractivity contribution in [3.05, 3.63) is 0 Å². The Balaban J connectivity index is 4.38. The Morgan fingerprint density at radius 3 is 2.00 bits per heavy atom. The summed E-state index contributed by atoms with van der Waals surface area (Å²) < 4.78 is 0. The minimum atomic E-state index is -1.02. The molecule has 0 heterocycles. The second-order valence-electron chi connectivity index (χ2n) is 1.37. The molecule has 0 aliphatic carbocycles. The zero-order valence-corrected chi connectivity index (χ0v) is 4.79. The summed E-state index contributed by atoms with van der Waals surface area (Å²) >= 11 is 0. The van der Waals surface area contributed by atoms with Gasteiger partial charge in [-0.2, -0.15) is 0 Å². The van der Waals surface area contributed by atoms with Crippen LogP contribution >= 0.6 is 0 Å². The standard InChI is InChI=1S/C4H6N2O3/c1-2(7)3(6-9)4(5)8/h9H,1H3,(H2,5,8)/b6-3-. The van der Waals surface area contributed by atoms with Crippen LogP contribution in [0.25, 0.3) is 0 Å². The SMILES string of the molecule is CC(=O)/C(=N/O)C(N)=O. The van der Waals surface area contributed by atoms with Gasteiger partial charge in [-0.05, 0) is 0 Å². The third-order valence-electron chi connectivity index (χ3n) is 0.667. The predicted molar refractivity (Wildman–Crippen MR) is 29.1 cm³/mol. The number of hydrogen-bond donors (Lipinski definition) is 2. The van der Waals surface area contributed by atoms with Crippen molar-refractivity contribution >= 4 is 17.4 Å². The Labute approximate surface area is 51.1 Å². The van der Waals surface area contributed by atoms with Crippen molar-refractivity contribution in [1.82, 2.24) is 0 Å². The van der Waals surface area contributed by atoms with Crippen molar-refractivity contribution in [3.8, 4) is 0 Å². The highest BCUT2D eigenvalue weighted by Crippen LogP contribution is 1.76. The topological polar surface area (TPSA) is 92.8 Å². The number of carbonyl (C=O) groups is 2. The molecule has 0 aliphatic rings. The summed E-state index contributed by atoms with van der Waals surface area (Å²) in [5.41, 5.74) is 3.97. The van der Waals surface area contributed by atoms with E-state index in [-0.39, 0.29) is 0 Å². The van der Waals surface area contributed by atoms with Gasteiger partial charge in [0.2, 0.25) is 5.71 Å². The molecule has 50 valence electrons. The van der Waals surface area contributed by atoms with Crippen molar-refractivity contribution in [1.29, 1.82) is 0 Å². The molecule has 5 nitrogen and oxygen atoms in total. The maximum atomic E-state index is 10.2. The van der Waals surface area contributed by atoms with Crippen molar-refractivity contribution < 1.29 is 14.8 Å². The van der Waals surface area contributed by atoms with Crippen LogP contribution in [-0.2, 0) is 9.59 Å². The summed E-state index contributed by atoms with van der Waals surface area (Å²) in [5, 5.41) is 10.3. The summed E-state index contributed by atoms with van der Waals surface area (Å²) in [6.07, 6.45) is 0. The van der Waals surface area contributed by atoms with Crippen LogP contribution in [0.4, 0.5) is 0 Å². The van der Waals surface area contributed by atoms with Crippen LogP contribution in [0.5, 0.6) is 0 Å². The molecule has 0 unspecified atom stereocenters. The van der Waals surface area contributed by atoms with E-state index < -0.39 is 17.4 Å². The Kier molecular flexibility index (Phi) is 2.37. The largest absolute Gasteiger partial charge is 0.410 e. The van der Waals surface area contributed by atoms with E-state index >= 15 is 0 Å². The summed E-state index contributed by atoms with van der Waals surface area (Å²) in [6.45, 7) is 1.08. The Bertz CT molecular complexity index is 157. The monoisotopic (exact) mass is 130 g/mol. The Hall–Kier alpha value is -1.39. The van der Waals surface area contributed by atoms with Crippen LogP contribution in [0, 0.1) is 0 Å². The fourth-order valence-corrected chi connectivity index (χ4v) is 0.293. The summed E-state index contributed by atoms with van der Waals surface area (Å²) in [4.78, 5) is 20.3. The normalized spacial score (nSPS) is 11.0. The average molecular weight is 130 g/mol. The van der Waals surface area contributed by atoms with E-state index in [9.17, 15) is 9.59 Å². The first-order valence-electron chi connectivity index (χ1n) is 2.12. The minimum Gasteiger partial charge on any atom is -0.410 e. The van der Waals surface area contributed by atoms with E-state index in [0.29, 0.717) is 0 Å².